The van der Waals surface area contributed by atoms with E-state index in [1.54, 1.807) is 0 Å². The third-order valence-electron chi connectivity index (χ3n) is 3.14. The van der Waals surface area contributed by atoms with Gasteiger partial charge in [0, 0.05) is 28.5 Å². The smallest absolute Gasteiger partial charge is 0.328 e. The third kappa shape index (κ3) is 9.66. The van der Waals surface area contributed by atoms with E-state index < -0.39 is 11.9 Å². The first kappa shape index (κ1) is 21.5. The first-order chi connectivity index (χ1) is 12.4. The molecule has 2 rings (SSSR count). The lowest BCUT2D eigenvalue weighted by Gasteiger charge is -2.12. The normalized spacial score (nSPS) is 10.4. The second-order valence-corrected chi connectivity index (χ2v) is 6.70. The van der Waals surface area contributed by atoms with E-state index in [9.17, 15) is 9.59 Å². The van der Waals surface area contributed by atoms with E-state index in [0.717, 1.165) is 13.0 Å². The van der Waals surface area contributed by atoms with Crippen molar-refractivity contribution < 1.29 is 19.8 Å². The molecule has 6 heteroatoms. The van der Waals surface area contributed by atoms with Gasteiger partial charge < -0.3 is 15.1 Å². The Morgan fingerprint density at radius 3 is 2.00 bits per heavy atom. The van der Waals surface area contributed by atoms with Crippen molar-refractivity contribution >= 4 is 23.7 Å². The van der Waals surface area contributed by atoms with E-state index in [-0.39, 0.29) is 0 Å². The van der Waals surface area contributed by atoms with Gasteiger partial charge in [0.15, 0.2) is 0 Å². The van der Waals surface area contributed by atoms with Crippen molar-refractivity contribution in [2.45, 2.75) is 16.2 Å². The van der Waals surface area contributed by atoms with E-state index in [1.165, 1.54) is 15.4 Å². The summed E-state index contributed by atoms with van der Waals surface area (Å²) in [4.78, 5) is 24.0. The van der Waals surface area contributed by atoms with Gasteiger partial charge in [0.05, 0.1) is 0 Å². The van der Waals surface area contributed by atoms with Crippen LogP contribution in [0, 0.1) is 0 Å². The number of hydrogen-bond acceptors (Lipinski definition) is 4. The van der Waals surface area contributed by atoms with Crippen LogP contribution in [0.15, 0.2) is 76.5 Å². The van der Waals surface area contributed by atoms with Gasteiger partial charge in [-0.3, -0.25) is 0 Å². The van der Waals surface area contributed by atoms with Gasteiger partial charge in [0.2, 0.25) is 0 Å². The molecular formula is C20H23NO4S. The molecule has 2 aromatic carbocycles. The Kier molecular flexibility index (Phi) is 9.82. The molecule has 0 bridgehead atoms. The fourth-order valence-electron chi connectivity index (χ4n) is 1.91. The predicted octanol–water partition coefficient (Wildman–Crippen LogP) is 3.65. The number of carboxylic acids is 2. The van der Waals surface area contributed by atoms with Crippen LogP contribution < -0.4 is 0 Å². The number of aliphatic carboxylic acids is 2. The van der Waals surface area contributed by atoms with Crippen LogP contribution >= 0.6 is 11.8 Å². The Balaban J connectivity index is 0.000000359. The molecule has 0 aliphatic carbocycles. The van der Waals surface area contributed by atoms with Crippen molar-refractivity contribution in [2.75, 3.05) is 20.6 Å². The molecule has 0 spiro atoms. The number of hydrogen-bond donors (Lipinski definition) is 2. The average molecular weight is 373 g/mol. The maximum atomic E-state index is 9.55. The summed E-state index contributed by atoms with van der Waals surface area (Å²) < 4.78 is 0. The van der Waals surface area contributed by atoms with E-state index in [4.69, 9.17) is 10.2 Å². The Morgan fingerprint density at radius 2 is 1.46 bits per heavy atom. The fourth-order valence-corrected chi connectivity index (χ4v) is 2.91. The molecule has 0 aromatic heterocycles. The highest BCUT2D eigenvalue weighted by Gasteiger charge is 2.04. The van der Waals surface area contributed by atoms with Gasteiger partial charge in [0.1, 0.15) is 0 Å². The highest BCUT2D eigenvalue weighted by Crippen LogP contribution is 2.30. The standard InChI is InChI=1S/C16H19NS.C4H4O4/c1-17(2)13-12-14-8-6-7-11-16(14)18-15-9-4-3-5-10-15;5-3(6)1-2-4(7)8/h3-11H,12-13H2,1-2H3;1-2H,(H,5,6)(H,7,8). The molecule has 0 unspecified atom stereocenters. The zero-order chi connectivity index (χ0) is 19.4. The number of carboxylic acid groups (broad SMARTS) is 2. The largest absolute Gasteiger partial charge is 0.478 e. The molecule has 0 aliphatic rings. The Labute approximate surface area is 158 Å². The molecule has 138 valence electrons. The molecule has 0 heterocycles. The topological polar surface area (TPSA) is 77.8 Å². The summed E-state index contributed by atoms with van der Waals surface area (Å²) in [6.45, 7) is 1.09. The quantitative estimate of drug-likeness (QED) is 0.722. The molecule has 0 amide bonds. The molecule has 0 atom stereocenters. The molecule has 0 fully saturated rings. The van der Waals surface area contributed by atoms with Gasteiger partial charge in [0.25, 0.3) is 0 Å². The van der Waals surface area contributed by atoms with Crippen molar-refractivity contribution in [3.63, 3.8) is 0 Å². The van der Waals surface area contributed by atoms with E-state index in [1.807, 2.05) is 11.8 Å². The van der Waals surface area contributed by atoms with E-state index >= 15 is 0 Å². The number of benzene rings is 2. The predicted molar refractivity (Wildman–Crippen MR) is 104 cm³/mol. The second kappa shape index (κ2) is 11.9. The van der Waals surface area contributed by atoms with Crippen molar-refractivity contribution in [2.24, 2.45) is 0 Å². The summed E-state index contributed by atoms with van der Waals surface area (Å²) in [5, 5.41) is 15.6. The maximum Gasteiger partial charge on any atom is 0.328 e. The van der Waals surface area contributed by atoms with Crippen molar-refractivity contribution in [3.05, 3.63) is 72.3 Å². The lowest BCUT2D eigenvalue weighted by atomic mass is 10.1. The van der Waals surface area contributed by atoms with Gasteiger partial charge in [-0.25, -0.2) is 9.59 Å². The van der Waals surface area contributed by atoms with Crippen LogP contribution in [0.1, 0.15) is 5.56 Å². The molecule has 0 saturated heterocycles. The maximum absolute atomic E-state index is 9.55. The Hall–Kier alpha value is -2.57. The van der Waals surface area contributed by atoms with E-state index in [2.05, 4.69) is 73.6 Å². The van der Waals surface area contributed by atoms with Crippen molar-refractivity contribution in [1.29, 1.82) is 0 Å². The summed E-state index contributed by atoms with van der Waals surface area (Å²) in [6, 6.07) is 19.2. The van der Waals surface area contributed by atoms with Gasteiger partial charge in [-0.15, -0.1) is 0 Å². The summed E-state index contributed by atoms with van der Waals surface area (Å²) >= 11 is 1.85. The van der Waals surface area contributed by atoms with Crippen LogP contribution in [0.2, 0.25) is 0 Å². The van der Waals surface area contributed by atoms with Crippen molar-refractivity contribution in [1.82, 2.24) is 4.90 Å². The lowest BCUT2D eigenvalue weighted by molar-refractivity contribution is -0.134. The van der Waals surface area contributed by atoms with Gasteiger partial charge in [-0.05, 0) is 44.3 Å². The van der Waals surface area contributed by atoms with Crippen LogP contribution in [0.25, 0.3) is 0 Å². The number of likely N-dealkylation sites (N-methyl/N-ethyl adjacent to an activating group) is 1. The van der Waals surface area contributed by atoms with Crippen LogP contribution in [0.5, 0.6) is 0 Å². The van der Waals surface area contributed by atoms with Crippen LogP contribution in [-0.2, 0) is 16.0 Å². The zero-order valence-corrected chi connectivity index (χ0v) is 15.6. The summed E-state index contributed by atoms with van der Waals surface area (Å²) in [6.07, 6.45) is 2.22. The minimum absolute atomic E-state index is 0.558. The molecular weight excluding hydrogens is 350 g/mol. The SMILES string of the molecule is CN(C)CCc1ccccc1Sc1ccccc1.O=C(O)C=CC(=O)O. The second-order valence-electron chi connectivity index (χ2n) is 5.59. The third-order valence-corrected chi connectivity index (χ3v) is 4.27. The average Bonchev–Trinajstić information content (AvgIpc) is 2.60. The highest BCUT2D eigenvalue weighted by molar-refractivity contribution is 7.99. The van der Waals surface area contributed by atoms with Crippen LogP contribution in [0.4, 0.5) is 0 Å². The lowest BCUT2D eigenvalue weighted by Crippen LogP contribution is -2.15. The van der Waals surface area contributed by atoms with E-state index in [0.29, 0.717) is 12.2 Å². The van der Waals surface area contributed by atoms with Crippen LogP contribution in [0.3, 0.4) is 0 Å². The minimum Gasteiger partial charge on any atom is -0.478 e. The first-order valence-electron chi connectivity index (χ1n) is 7.98. The summed E-state index contributed by atoms with van der Waals surface area (Å²) in [5.74, 6) is -2.51. The van der Waals surface area contributed by atoms with Crippen molar-refractivity contribution in [3.8, 4) is 0 Å². The minimum atomic E-state index is -1.26. The molecule has 2 N–H and O–H groups in total. The number of nitrogens with zero attached hydrogens (tertiary/aromatic N) is 1. The monoisotopic (exact) mass is 373 g/mol. The molecule has 2 aromatic rings. The zero-order valence-electron chi connectivity index (χ0n) is 14.8. The fraction of sp³-hybridized carbons (Fsp3) is 0.200. The molecule has 5 nitrogen and oxygen atoms in total. The number of rotatable bonds is 7. The Morgan fingerprint density at radius 1 is 0.923 bits per heavy atom. The first-order valence-corrected chi connectivity index (χ1v) is 8.79. The van der Waals surface area contributed by atoms with Gasteiger partial charge in [-0.2, -0.15) is 0 Å². The summed E-state index contributed by atoms with van der Waals surface area (Å²) in [7, 11) is 4.24. The number of carbonyl (C=O) groups is 2. The Bertz CT molecular complexity index is 714. The molecule has 26 heavy (non-hydrogen) atoms. The molecule has 0 saturated carbocycles. The van der Waals surface area contributed by atoms with Gasteiger partial charge in [-0.1, -0.05) is 48.2 Å². The molecule has 0 radical (unpaired) electrons. The van der Waals surface area contributed by atoms with Crippen LogP contribution in [-0.4, -0.2) is 47.7 Å². The highest BCUT2D eigenvalue weighted by atomic mass is 32.2. The molecule has 0 aliphatic heterocycles. The summed E-state index contributed by atoms with van der Waals surface area (Å²) in [5.41, 5.74) is 1.43. The van der Waals surface area contributed by atoms with Gasteiger partial charge >= 0.3 is 11.9 Å².